The first-order chi connectivity index (χ1) is 11.0. The van der Waals surface area contributed by atoms with Crippen molar-refractivity contribution in [1.82, 2.24) is 14.7 Å². The van der Waals surface area contributed by atoms with Crippen molar-refractivity contribution in [3.63, 3.8) is 0 Å². The summed E-state index contributed by atoms with van der Waals surface area (Å²) in [5.41, 5.74) is 0.616. The molecule has 1 saturated heterocycles. The Kier molecular flexibility index (Phi) is 3.77. The molecule has 0 aliphatic carbocycles. The summed E-state index contributed by atoms with van der Waals surface area (Å²) in [5, 5.41) is 16.2. The molecule has 1 aromatic heterocycles. The third kappa shape index (κ3) is 3.03. The van der Waals surface area contributed by atoms with E-state index in [2.05, 4.69) is 10.4 Å². The van der Waals surface area contributed by atoms with Crippen molar-refractivity contribution in [2.45, 2.75) is 13.3 Å². The van der Waals surface area contributed by atoms with E-state index >= 15 is 0 Å². The lowest BCUT2D eigenvalue weighted by Crippen LogP contribution is -2.37. The van der Waals surface area contributed by atoms with Gasteiger partial charge in [0.1, 0.15) is 0 Å². The van der Waals surface area contributed by atoms with Gasteiger partial charge in [-0.3, -0.25) is 4.79 Å². The molecule has 7 heteroatoms. The third-order valence-corrected chi connectivity index (χ3v) is 4.14. The van der Waals surface area contributed by atoms with E-state index in [1.807, 2.05) is 30.5 Å². The summed E-state index contributed by atoms with van der Waals surface area (Å²) >= 11 is 0. The molecule has 1 unspecified atom stereocenters. The number of hydrogen-bond acceptors (Lipinski definition) is 3. The van der Waals surface area contributed by atoms with E-state index in [0.29, 0.717) is 18.7 Å². The summed E-state index contributed by atoms with van der Waals surface area (Å²) in [6.07, 6.45) is 3.96. The third-order valence-electron chi connectivity index (χ3n) is 4.14. The monoisotopic (exact) mass is 314 g/mol. The highest BCUT2D eigenvalue weighted by atomic mass is 16.4. The van der Waals surface area contributed by atoms with E-state index in [1.54, 1.807) is 23.9 Å². The highest BCUT2D eigenvalue weighted by Gasteiger charge is 2.42. The van der Waals surface area contributed by atoms with Crippen LogP contribution in [0, 0.1) is 5.41 Å². The normalized spacial score (nSPS) is 20.5. The number of carbonyl (C=O) groups is 2. The van der Waals surface area contributed by atoms with Gasteiger partial charge in [0.05, 0.1) is 11.1 Å². The van der Waals surface area contributed by atoms with Crippen LogP contribution in [0.25, 0.3) is 5.69 Å². The van der Waals surface area contributed by atoms with Crippen molar-refractivity contribution in [3.8, 4) is 5.69 Å². The van der Waals surface area contributed by atoms with Crippen molar-refractivity contribution in [2.75, 3.05) is 18.4 Å². The van der Waals surface area contributed by atoms with Gasteiger partial charge in [-0.1, -0.05) is 6.07 Å². The topological polar surface area (TPSA) is 87.5 Å². The lowest BCUT2D eigenvalue weighted by atomic mass is 9.90. The zero-order valence-electron chi connectivity index (χ0n) is 12.8. The van der Waals surface area contributed by atoms with Gasteiger partial charge in [0, 0.05) is 31.2 Å². The quantitative estimate of drug-likeness (QED) is 0.909. The van der Waals surface area contributed by atoms with Gasteiger partial charge in [-0.2, -0.15) is 5.10 Å². The number of aliphatic carboxylic acids is 1. The molecule has 7 nitrogen and oxygen atoms in total. The Hall–Kier alpha value is -2.83. The molecule has 120 valence electrons. The van der Waals surface area contributed by atoms with Crippen molar-refractivity contribution in [1.29, 1.82) is 0 Å². The highest BCUT2D eigenvalue weighted by Crippen LogP contribution is 2.30. The molecule has 0 bridgehead atoms. The van der Waals surface area contributed by atoms with Crippen molar-refractivity contribution >= 4 is 17.7 Å². The number of urea groups is 1. The van der Waals surface area contributed by atoms with Gasteiger partial charge in [0.2, 0.25) is 0 Å². The maximum Gasteiger partial charge on any atom is 0.321 e. The van der Waals surface area contributed by atoms with Crippen LogP contribution in [0.2, 0.25) is 0 Å². The Morgan fingerprint density at radius 3 is 2.83 bits per heavy atom. The molecule has 0 spiro atoms. The summed E-state index contributed by atoms with van der Waals surface area (Å²) in [6, 6.07) is 8.86. The van der Waals surface area contributed by atoms with E-state index in [-0.39, 0.29) is 12.6 Å². The van der Waals surface area contributed by atoms with E-state index in [0.717, 1.165) is 5.69 Å². The zero-order chi connectivity index (χ0) is 16.4. The highest BCUT2D eigenvalue weighted by molar-refractivity contribution is 5.90. The van der Waals surface area contributed by atoms with Crippen LogP contribution in [0.3, 0.4) is 0 Å². The van der Waals surface area contributed by atoms with Gasteiger partial charge in [-0.15, -0.1) is 0 Å². The Morgan fingerprint density at radius 2 is 2.17 bits per heavy atom. The lowest BCUT2D eigenvalue weighted by Gasteiger charge is -2.20. The predicted octanol–water partition coefficient (Wildman–Crippen LogP) is 2.20. The van der Waals surface area contributed by atoms with Crippen LogP contribution < -0.4 is 5.32 Å². The zero-order valence-corrected chi connectivity index (χ0v) is 12.8. The maximum atomic E-state index is 12.3. The number of rotatable bonds is 3. The summed E-state index contributed by atoms with van der Waals surface area (Å²) < 4.78 is 1.70. The van der Waals surface area contributed by atoms with E-state index in [9.17, 15) is 14.7 Å². The Labute approximate surface area is 133 Å². The standard InChI is InChI=1S/C16H18N4O3/c1-16(14(21)22)6-9-19(11-16)15(23)18-12-4-2-5-13(10-12)20-8-3-7-17-20/h2-5,7-8,10H,6,9,11H2,1H3,(H,18,23)(H,21,22). The number of hydrogen-bond donors (Lipinski definition) is 2. The molecular weight excluding hydrogens is 296 g/mol. The van der Waals surface area contributed by atoms with Gasteiger partial charge >= 0.3 is 12.0 Å². The first-order valence-corrected chi connectivity index (χ1v) is 7.37. The minimum absolute atomic E-state index is 0.215. The van der Waals surface area contributed by atoms with Crippen LogP contribution >= 0.6 is 0 Å². The molecule has 2 aromatic rings. The molecule has 2 heterocycles. The molecule has 1 aliphatic heterocycles. The first kappa shape index (κ1) is 15.1. The number of benzene rings is 1. The van der Waals surface area contributed by atoms with Gasteiger partial charge in [-0.05, 0) is 37.6 Å². The fourth-order valence-electron chi connectivity index (χ4n) is 2.66. The van der Waals surface area contributed by atoms with Crippen LogP contribution in [0.15, 0.2) is 42.7 Å². The van der Waals surface area contributed by atoms with Gasteiger partial charge in [0.25, 0.3) is 0 Å². The lowest BCUT2D eigenvalue weighted by molar-refractivity contribution is -0.146. The largest absolute Gasteiger partial charge is 0.481 e. The number of nitrogens with one attached hydrogen (secondary N) is 1. The van der Waals surface area contributed by atoms with Crippen molar-refractivity contribution in [2.24, 2.45) is 5.41 Å². The fourth-order valence-corrected chi connectivity index (χ4v) is 2.66. The fraction of sp³-hybridized carbons (Fsp3) is 0.312. The van der Waals surface area contributed by atoms with Gasteiger partial charge in [-0.25, -0.2) is 9.48 Å². The number of aromatic nitrogens is 2. The Bertz CT molecular complexity index is 729. The maximum absolute atomic E-state index is 12.3. The molecular formula is C16H18N4O3. The second kappa shape index (κ2) is 5.75. The predicted molar refractivity (Wildman–Crippen MR) is 84.5 cm³/mol. The summed E-state index contributed by atoms with van der Waals surface area (Å²) in [4.78, 5) is 25.1. The van der Waals surface area contributed by atoms with E-state index in [4.69, 9.17) is 0 Å². The molecule has 1 fully saturated rings. The average Bonchev–Trinajstić information content (AvgIpc) is 3.17. The molecule has 0 saturated carbocycles. The molecule has 1 aliphatic rings. The second-order valence-electron chi connectivity index (χ2n) is 5.97. The van der Waals surface area contributed by atoms with Gasteiger partial charge < -0.3 is 15.3 Å². The number of carboxylic acid groups (broad SMARTS) is 1. The summed E-state index contributed by atoms with van der Waals surface area (Å²) in [5.74, 6) is -0.867. The van der Waals surface area contributed by atoms with E-state index in [1.165, 1.54) is 4.90 Å². The minimum Gasteiger partial charge on any atom is -0.481 e. The van der Waals surface area contributed by atoms with Gasteiger partial charge in [0.15, 0.2) is 0 Å². The molecule has 23 heavy (non-hydrogen) atoms. The van der Waals surface area contributed by atoms with Crippen LogP contribution in [0.4, 0.5) is 10.5 Å². The van der Waals surface area contributed by atoms with Crippen molar-refractivity contribution < 1.29 is 14.7 Å². The summed E-state index contributed by atoms with van der Waals surface area (Å²) in [6.45, 7) is 2.32. The van der Waals surface area contributed by atoms with Crippen LogP contribution in [-0.4, -0.2) is 44.9 Å². The Morgan fingerprint density at radius 1 is 1.35 bits per heavy atom. The molecule has 1 atom stereocenters. The molecule has 0 radical (unpaired) electrons. The molecule has 3 rings (SSSR count). The molecule has 2 amide bonds. The van der Waals surface area contributed by atoms with E-state index < -0.39 is 11.4 Å². The van der Waals surface area contributed by atoms with Crippen molar-refractivity contribution in [3.05, 3.63) is 42.7 Å². The molecule has 1 aromatic carbocycles. The number of nitrogens with zero attached hydrogens (tertiary/aromatic N) is 3. The number of anilines is 1. The smallest absolute Gasteiger partial charge is 0.321 e. The SMILES string of the molecule is CC1(C(=O)O)CCN(C(=O)Nc2cccc(-n3cccn3)c2)C1. The second-order valence-corrected chi connectivity index (χ2v) is 5.97. The van der Waals surface area contributed by atoms with Crippen LogP contribution in [-0.2, 0) is 4.79 Å². The number of amides is 2. The number of carboxylic acids is 1. The minimum atomic E-state index is -0.867. The number of carbonyl (C=O) groups excluding carboxylic acids is 1. The van der Waals surface area contributed by atoms with Crippen LogP contribution in [0.5, 0.6) is 0 Å². The van der Waals surface area contributed by atoms with Crippen LogP contribution in [0.1, 0.15) is 13.3 Å². The first-order valence-electron chi connectivity index (χ1n) is 7.37. The Balaban J connectivity index is 1.69. The average molecular weight is 314 g/mol. The number of likely N-dealkylation sites (tertiary alicyclic amines) is 1. The summed E-state index contributed by atoms with van der Waals surface area (Å²) in [7, 11) is 0. The molecule has 2 N–H and O–H groups in total.